The average molecular weight is 296 g/mol. The van der Waals surface area contributed by atoms with Crippen LogP contribution in [0.1, 0.15) is 58.8 Å². The Morgan fingerprint density at radius 1 is 1.38 bits per heavy atom. The molecule has 2 fully saturated rings. The molecule has 1 heterocycles. The third-order valence-electron chi connectivity index (χ3n) is 5.41. The Morgan fingerprint density at radius 2 is 2.10 bits per heavy atom. The molecule has 0 aromatic heterocycles. The van der Waals surface area contributed by atoms with Crippen molar-refractivity contribution >= 4 is 12.0 Å². The van der Waals surface area contributed by atoms with E-state index >= 15 is 0 Å². The first-order valence-electron chi connectivity index (χ1n) is 8.24. The third-order valence-corrected chi connectivity index (χ3v) is 5.41. The molecular formula is C16H28N2O3. The summed E-state index contributed by atoms with van der Waals surface area (Å²) in [5.41, 5.74) is 0.0245. The maximum Gasteiger partial charge on any atom is 0.317 e. The summed E-state index contributed by atoms with van der Waals surface area (Å²) in [5.74, 6) is -0.315. The van der Waals surface area contributed by atoms with E-state index in [1.54, 1.807) is 0 Å². The number of hydrogen-bond acceptors (Lipinski definition) is 2. The van der Waals surface area contributed by atoms with E-state index in [0.717, 1.165) is 38.6 Å². The van der Waals surface area contributed by atoms with Crippen LogP contribution in [-0.4, -0.2) is 40.6 Å². The molecule has 1 aliphatic heterocycles. The Hall–Kier alpha value is -1.26. The number of likely N-dealkylation sites (tertiary alicyclic amines) is 1. The SMILES string of the molecule is CCC1(NC(=O)N2CCCC(C(C)CC(=O)O)C2)CCC1. The lowest BCUT2D eigenvalue weighted by molar-refractivity contribution is -0.138. The first-order chi connectivity index (χ1) is 9.96. The van der Waals surface area contributed by atoms with Gasteiger partial charge in [0.1, 0.15) is 0 Å². The largest absolute Gasteiger partial charge is 0.481 e. The summed E-state index contributed by atoms with van der Waals surface area (Å²) < 4.78 is 0. The van der Waals surface area contributed by atoms with Crippen molar-refractivity contribution in [2.45, 2.75) is 64.3 Å². The number of hydrogen-bond donors (Lipinski definition) is 2. The molecule has 1 saturated carbocycles. The van der Waals surface area contributed by atoms with Gasteiger partial charge in [-0.05, 0) is 50.4 Å². The van der Waals surface area contributed by atoms with Gasteiger partial charge in [-0.2, -0.15) is 0 Å². The molecule has 2 amide bonds. The predicted molar refractivity (Wildman–Crippen MR) is 81.1 cm³/mol. The Kier molecular flexibility index (Phi) is 5.12. The molecule has 1 saturated heterocycles. The second-order valence-corrected chi connectivity index (χ2v) is 6.84. The van der Waals surface area contributed by atoms with Crippen molar-refractivity contribution in [2.75, 3.05) is 13.1 Å². The van der Waals surface area contributed by atoms with Gasteiger partial charge in [0.25, 0.3) is 0 Å². The van der Waals surface area contributed by atoms with E-state index in [1.165, 1.54) is 6.42 Å². The molecule has 2 aliphatic rings. The van der Waals surface area contributed by atoms with Gasteiger partial charge < -0.3 is 15.3 Å². The fraction of sp³-hybridized carbons (Fsp3) is 0.875. The first-order valence-corrected chi connectivity index (χ1v) is 8.24. The van der Waals surface area contributed by atoms with Crippen LogP contribution in [0.3, 0.4) is 0 Å². The van der Waals surface area contributed by atoms with Crippen molar-refractivity contribution in [3.63, 3.8) is 0 Å². The number of nitrogens with one attached hydrogen (secondary N) is 1. The molecule has 120 valence electrons. The predicted octanol–water partition coefficient (Wildman–Crippen LogP) is 2.85. The van der Waals surface area contributed by atoms with Gasteiger partial charge in [0.2, 0.25) is 0 Å². The molecule has 5 nitrogen and oxygen atoms in total. The highest BCUT2D eigenvalue weighted by molar-refractivity contribution is 5.75. The summed E-state index contributed by atoms with van der Waals surface area (Å²) in [7, 11) is 0. The minimum Gasteiger partial charge on any atom is -0.481 e. The molecule has 0 spiro atoms. The van der Waals surface area contributed by atoms with Gasteiger partial charge >= 0.3 is 12.0 Å². The molecule has 2 N–H and O–H groups in total. The summed E-state index contributed by atoms with van der Waals surface area (Å²) in [6, 6.07) is 0.0452. The molecule has 0 bridgehead atoms. The van der Waals surface area contributed by atoms with Crippen molar-refractivity contribution in [2.24, 2.45) is 11.8 Å². The Balaban J connectivity index is 1.88. The van der Waals surface area contributed by atoms with Crippen molar-refractivity contribution in [1.29, 1.82) is 0 Å². The molecule has 0 aromatic carbocycles. The van der Waals surface area contributed by atoms with Gasteiger partial charge in [0.15, 0.2) is 0 Å². The number of amides is 2. The van der Waals surface area contributed by atoms with Crippen LogP contribution in [-0.2, 0) is 4.79 Å². The van der Waals surface area contributed by atoms with E-state index in [2.05, 4.69) is 12.2 Å². The van der Waals surface area contributed by atoms with Crippen molar-refractivity contribution in [3.05, 3.63) is 0 Å². The summed E-state index contributed by atoms with van der Waals surface area (Å²) in [5, 5.41) is 12.1. The maximum absolute atomic E-state index is 12.5. The summed E-state index contributed by atoms with van der Waals surface area (Å²) in [6.07, 6.45) is 6.55. The molecule has 1 aliphatic carbocycles. The van der Waals surface area contributed by atoms with Gasteiger partial charge in [-0.15, -0.1) is 0 Å². The van der Waals surface area contributed by atoms with Gasteiger partial charge in [-0.1, -0.05) is 13.8 Å². The number of carbonyl (C=O) groups excluding carboxylic acids is 1. The van der Waals surface area contributed by atoms with Crippen molar-refractivity contribution in [1.82, 2.24) is 10.2 Å². The van der Waals surface area contributed by atoms with E-state index in [4.69, 9.17) is 5.11 Å². The molecule has 0 radical (unpaired) electrons. The van der Waals surface area contributed by atoms with Crippen LogP contribution < -0.4 is 5.32 Å². The van der Waals surface area contributed by atoms with E-state index in [-0.39, 0.29) is 23.9 Å². The van der Waals surface area contributed by atoms with Crippen LogP contribution in [0.15, 0.2) is 0 Å². The topological polar surface area (TPSA) is 69.6 Å². The molecule has 2 rings (SSSR count). The fourth-order valence-electron chi connectivity index (χ4n) is 3.58. The number of nitrogens with zero attached hydrogens (tertiary/aromatic N) is 1. The molecular weight excluding hydrogens is 268 g/mol. The zero-order chi connectivity index (χ0) is 15.5. The minimum atomic E-state index is -0.747. The van der Waals surface area contributed by atoms with Gasteiger partial charge in [-0.3, -0.25) is 4.79 Å². The number of carboxylic acids is 1. The first kappa shape index (κ1) is 16.1. The highest BCUT2D eigenvalue weighted by atomic mass is 16.4. The average Bonchev–Trinajstić information content (AvgIpc) is 2.42. The summed E-state index contributed by atoms with van der Waals surface area (Å²) in [6.45, 7) is 5.61. The number of rotatable bonds is 5. The number of carbonyl (C=O) groups is 2. The second kappa shape index (κ2) is 6.67. The molecule has 2 unspecified atom stereocenters. The number of piperidine rings is 1. The van der Waals surface area contributed by atoms with Crippen LogP contribution in [0.25, 0.3) is 0 Å². The lowest BCUT2D eigenvalue weighted by Gasteiger charge is -2.44. The highest BCUT2D eigenvalue weighted by Crippen LogP contribution is 2.35. The minimum absolute atomic E-state index is 0.0245. The van der Waals surface area contributed by atoms with Gasteiger partial charge in [0.05, 0.1) is 0 Å². The maximum atomic E-state index is 12.5. The van der Waals surface area contributed by atoms with Crippen LogP contribution in [0, 0.1) is 11.8 Å². The number of aliphatic carboxylic acids is 1. The van der Waals surface area contributed by atoms with Crippen molar-refractivity contribution in [3.8, 4) is 0 Å². The van der Waals surface area contributed by atoms with E-state index < -0.39 is 5.97 Å². The molecule has 2 atom stereocenters. The smallest absolute Gasteiger partial charge is 0.317 e. The molecule has 0 aromatic rings. The second-order valence-electron chi connectivity index (χ2n) is 6.84. The van der Waals surface area contributed by atoms with E-state index in [9.17, 15) is 9.59 Å². The molecule has 5 heteroatoms. The van der Waals surface area contributed by atoms with Gasteiger partial charge in [0, 0.05) is 25.0 Å². The van der Waals surface area contributed by atoms with Gasteiger partial charge in [-0.25, -0.2) is 4.79 Å². The Bertz CT molecular complexity index is 387. The Morgan fingerprint density at radius 3 is 2.62 bits per heavy atom. The zero-order valence-corrected chi connectivity index (χ0v) is 13.2. The molecule has 21 heavy (non-hydrogen) atoms. The Labute approximate surface area is 127 Å². The number of urea groups is 1. The highest BCUT2D eigenvalue weighted by Gasteiger charge is 2.38. The van der Waals surface area contributed by atoms with Crippen LogP contribution >= 0.6 is 0 Å². The quantitative estimate of drug-likeness (QED) is 0.819. The van der Waals surface area contributed by atoms with Crippen LogP contribution in [0.2, 0.25) is 0 Å². The van der Waals surface area contributed by atoms with Crippen LogP contribution in [0.4, 0.5) is 4.79 Å². The summed E-state index contributed by atoms with van der Waals surface area (Å²) >= 11 is 0. The standard InChI is InChI=1S/C16H28N2O3/c1-3-16(7-5-8-16)17-15(21)18-9-4-6-13(11-18)12(2)10-14(19)20/h12-13H,3-11H2,1-2H3,(H,17,21)(H,19,20). The monoisotopic (exact) mass is 296 g/mol. The van der Waals surface area contributed by atoms with E-state index in [0.29, 0.717) is 12.5 Å². The fourth-order valence-corrected chi connectivity index (χ4v) is 3.58. The summed E-state index contributed by atoms with van der Waals surface area (Å²) in [4.78, 5) is 25.2. The van der Waals surface area contributed by atoms with Crippen LogP contribution in [0.5, 0.6) is 0 Å². The number of carboxylic acid groups (broad SMARTS) is 1. The third kappa shape index (κ3) is 3.89. The van der Waals surface area contributed by atoms with E-state index in [1.807, 2.05) is 11.8 Å². The zero-order valence-electron chi connectivity index (χ0n) is 13.2. The lowest BCUT2D eigenvalue weighted by Crippen LogP contribution is -2.58. The van der Waals surface area contributed by atoms with Crippen molar-refractivity contribution < 1.29 is 14.7 Å². The lowest BCUT2D eigenvalue weighted by atomic mass is 9.75. The normalized spacial score (nSPS) is 25.8.